The lowest BCUT2D eigenvalue weighted by Gasteiger charge is -2.45. The number of piperidine rings is 1. The average molecular weight is 596 g/mol. The van der Waals surface area contributed by atoms with Crippen molar-refractivity contribution in [2.75, 3.05) is 19.3 Å². The predicted octanol–water partition coefficient (Wildman–Crippen LogP) is 2.96. The van der Waals surface area contributed by atoms with Crippen LogP contribution in [-0.2, 0) is 26.6 Å². The zero-order chi connectivity index (χ0) is 29.7. The van der Waals surface area contributed by atoms with Gasteiger partial charge in [-0.1, -0.05) is 18.2 Å². The van der Waals surface area contributed by atoms with Crippen molar-refractivity contribution < 1.29 is 40.7 Å². The molecule has 0 radical (unpaired) electrons. The molecule has 2 saturated carbocycles. The summed E-state index contributed by atoms with van der Waals surface area (Å²) in [7, 11) is -3.51. The summed E-state index contributed by atoms with van der Waals surface area (Å²) in [5.41, 5.74) is 2.67. The summed E-state index contributed by atoms with van der Waals surface area (Å²) in [6.45, 7) is -0.361. The lowest BCUT2D eigenvalue weighted by Crippen LogP contribution is -2.60. The Kier molecular flexibility index (Phi) is 6.16. The number of halogens is 4. The van der Waals surface area contributed by atoms with E-state index in [2.05, 4.69) is 0 Å². The van der Waals surface area contributed by atoms with E-state index in [0.717, 1.165) is 22.7 Å². The first-order valence-corrected chi connectivity index (χ1v) is 15.2. The second-order valence-corrected chi connectivity index (χ2v) is 13.9. The summed E-state index contributed by atoms with van der Waals surface area (Å²) in [6.07, 6.45) is -1.54. The van der Waals surface area contributed by atoms with Gasteiger partial charge < -0.3 is 15.7 Å². The molecule has 8 nitrogen and oxygen atoms in total. The van der Waals surface area contributed by atoms with Gasteiger partial charge in [0.2, 0.25) is 15.9 Å². The number of carbonyl (C=O) groups excluding carboxylic acids is 2. The zero-order valence-electron chi connectivity index (χ0n) is 22.1. The molecule has 0 bridgehead atoms. The third kappa shape index (κ3) is 4.52. The molecule has 2 aliphatic heterocycles. The molecule has 2 aromatic carbocycles. The number of alkyl halides is 3. The number of amides is 2. The van der Waals surface area contributed by atoms with Crippen LogP contribution in [0.3, 0.4) is 0 Å². The first kappa shape index (κ1) is 28.1. The quantitative estimate of drug-likeness (QED) is 0.477. The highest BCUT2D eigenvalue weighted by Gasteiger charge is 2.73. The normalized spacial score (nSPS) is 28.1. The molecular weight excluding hydrogens is 566 g/mol. The molecule has 2 aliphatic carbocycles. The third-order valence-corrected chi connectivity index (χ3v) is 10.4. The van der Waals surface area contributed by atoms with E-state index in [-0.39, 0.29) is 42.5 Å². The highest BCUT2D eigenvalue weighted by molar-refractivity contribution is 7.88. The molecule has 220 valence electrons. The largest absolute Gasteiger partial charge is 0.416 e. The molecule has 2 aromatic rings. The van der Waals surface area contributed by atoms with Gasteiger partial charge in [0.15, 0.2) is 0 Å². The van der Waals surface area contributed by atoms with Gasteiger partial charge in [0, 0.05) is 24.6 Å². The summed E-state index contributed by atoms with van der Waals surface area (Å²) in [4.78, 5) is 28.1. The van der Waals surface area contributed by atoms with Gasteiger partial charge in [0.05, 0.1) is 17.4 Å². The summed E-state index contributed by atoms with van der Waals surface area (Å²) < 4.78 is 79.9. The van der Waals surface area contributed by atoms with E-state index in [1.807, 2.05) is 0 Å². The van der Waals surface area contributed by atoms with E-state index in [9.17, 15) is 36.3 Å². The molecule has 4 aliphatic rings. The smallest absolute Gasteiger partial charge is 0.382 e. The average Bonchev–Trinajstić information content (AvgIpc) is 3.79. The van der Waals surface area contributed by atoms with Gasteiger partial charge in [-0.05, 0) is 72.9 Å². The first-order chi connectivity index (χ1) is 19.1. The van der Waals surface area contributed by atoms with E-state index >= 15 is 4.39 Å². The highest BCUT2D eigenvalue weighted by atomic mass is 32.2. The number of β-amino-alcohol motifs (C(OH)–C–C–N with tert-alkyl or cyclic N) is 1. The van der Waals surface area contributed by atoms with E-state index in [1.165, 1.54) is 17.0 Å². The van der Waals surface area contributed by atoms with Crippen molar-refractivity contribution >= 4 is 21.8 Å². The predicted molar refractivity (Wildman–Crippen MR) is 138 cm³/mol. The lowest BCUT2D eigenvalue weighted by molar-refractivity contribution is -0.137. The SMILES string of the molecule is CS(=O)(=O)N1CC(O)(c2cccc(C(=O)N3C(C(N)=O)CC4CC43[C@@H](c3ccc(C(F)(F)F)cc3F)C3CC3)c2)C1. The molecule has 2 heterocycles. The first-order valence-electron chi connectivity index (χ1n) is 13.3. The van der Waals surface area contributed by atoms with E-state index in [4.69, 9.17) is 5.73 Å². The lowest BCUT2D eigenvalue weighted by atomic mass is 9.82. The van der Waals surface area contributed by atoms with Crippen molar-refractivity contribution in [1.82, 2.24) is 9.21 Å². The minimum absolute atomic E-state index is 0.0721. The Bertz CT molecular complexity index is 1550. The summed E-state index contributed by atoms with van der Waals surface area (Å²) in [5, 5.41) is 11.0. The van der Waals surface area contributed by atoms with Gasteiger partial charge in [0.1, 0.15) is 17.5 Å². The Balaban J connectivity index is 1.37. The Morgan fingerprint density at radius 1 is 1.12 bits per heavy atom. The van der Waals surface area contributed by atoms with E-state index in [1.54, 1.807) is 12.1 Å². The van der Waals surface area contributed by atoms with Crippen molar-refractivity contribution in [2.45, 2.75) is 55.0 Å². The van der Waals surface area contributed by atoms with Crippen LogP contribution in [0.15, 0.2) is 42.5 Å². The molecular formula is C28H29F4N3O5S. The second-order valence-electron chi connectivity index (χ2n) is 11.9. The molecule has 13 heteroatoms. The van der Waals surface area contributed by atoms with Gasteiger partial charge in [-0.25, -0.2) is 12.8 Å². The van der Waals surface area contributed by atoms with Gasteiger partial charge in [-0.15, -0.1) is 0 Å². The molecule has 41 heavy (non-hydrogen) atoms. The third-order valence-electron chi connectivity index (χ3n) is 9.22. The fraction of sp³-hybridized carbons (Fsp3) is 0.500. The number of likely N-dealkylation sites (tertiary alicyclic amines) is 1. The highest BCUT2D eigenvalue weighted by Crippen LogP contribution is 2.69. The van der Waals surface area contributed by atoms with Crippen LogP contribution in [0.25, 0.3) is 0 Å². The number of hydrogen-bond donors (Lipinski definition) is 2. The molecule has 2 saturated heterocycles. The van der Waals surface area contributed by atoms with Crippen molar-refractivity contribution in [1.29, 1.82) is 0 Å². The van der Waals surface area contributed by atoms with E-state index < -0.39 is 62.5 Å². The maximum absolute atomic E-state index is 15.3. The number of hydrogen-bond acceptors (Lipinski definition) is 5. The van der Waals surface area contributed by atoms with Crippen LogP contribution in [-0.4, -0.2) is 65.5 Å². The molecule has 0 aromatic heterocycles. The number of aliphatic hydroxyl groups is 1. The number of rotatable bonds is 7. The number of nitrogens with zero attached hydrogens (tertiary/aromatic N) is 2. The van der Waals surface area contributed by atoms with Crippen LogP contribution >= 0.6 is 0 Å². The fourth-order valence-electron chi connectivity index (χ4n) is 7.04. The van der Waals surface area contributed by atoms with Crippen LogP contribution < -0.4 is 5.73 Å². The summed E-state index contributed by atoms with van der Waals surface area (Å²) >= 11 is 0. The van der Waals surface area contributed by atoms with Crippen LogP contribution in [0.2, 0.25) is 0 Å². The molecule has 0 spiro atoms. The Morgan fingerprint density at radius 3 is 2.37 bits per heavy atom. The molecule has 4 atom stereocenters. The van der Waals surface area contributed by atoms with Gasteiger partial charge >= 0.3 is 6.18 Å². The van der Waals surface area contributed by atoms with Crippen molar-refractivity contribution in [2.24, 2.45) is 17.6 Å². The molecule has 3 unspecified atom stereocenters. The standard InChI is InChI=1S/C28H29F4N3O5S/c1-41(39,40)34-13-26(38,14-34)17-4-2-3-16(9-17)25(37)35-22(24(33)36)11-19-12-27(19,35)23(15-5-6-15)20-8-7-18(10-21(20)29)28(30,31)32/h2-4,7-10,15,19,22-23,38H,5-6,11-14H2,1H3,(H2,33,36)/t19?,22?,23-,27?/m1/s1. The summed E-state index contributed by atoms with van der Waals surface area (Å²) in [5.74, 6) is -3.17. The van der Waals surface area contributed by atoms with Crippen LogP contribution in [0, 0.1) is 17.7 Å². The minimum atomic E-state index is -4.71. The minimum Gasteiger partial charge on any atom is -0.382 e. The molecule has 6 rings (SSSR count). The monoisotopic (exact) mass is 595 g/mol. The van der Waals surface area contributed by atoms with Crippen LogP contribution in [0.1, 0.15) is 58.6 Å². The molecule has 3 N–H and O–H groups in total. The Morgan fingerprint density at radius 2 is 1.80 bits per heavy atom. The van der Waals surface area contributed by atoms with Crippen molar-refractivity contribution in [3.05, 3.63) is 70.5 Å². The van der Waals surface area contributed by atoms with Gasteiger partial charge in [-0.2, -0.15) is 17.5 Å². The number of sulfonamides is 1. The maximum atomic E-state index is 15.3. The maximum Gasteiger partial charge on any atom is 0.416 e. The van der Waals surface area contributed by atoms with E-state index in [0.29, 0.717) is 30.9 Å². The van der Waals surface area contributed by atoms with Crippen LogP contribution in [0.4, 0.5) is 17.6 Å². The number of nitrogens with two attached hydrogens (primary N) is 1. The number of primary amides is 1. The number of fused-ring (bicyclic) bond motifs is 1. The Labute approximate surface area is 234 Å². The zero-order valence-corrected chi connectivity index (χ0v) is 22.9. The Hall–Kier alpha value is -3.03. The van der Waals surface area contributed by atoms with Gasteiger partial charge in [-0.3, -0.25) is 9.59 Å². The van der Waals surface area contributed by atoms with Crippen molar-refractivity contribution in [3.63, 3.8) is 0 Å². The topological polar surface area (TPSA) is 121 Å². The second kappa shape index (κ2) is 8.98. The van der Waals surface area contributed by atoms with Gasteiger partial charge in [0.25, 0.3) is 5.91 Å². The van der Waals surface area contributed by atoms with Crippen molar-refractivity contribution in [3.8, 4) is 0 Å². The number of benzene rings is 2. The molecule has 4 fully saturated rings. The summed E-state index contributed by atoms with van der Waals surface area (Å²) in [6, 6.07) is 7.56. The molecule has 2 amide bonds. The fourth-order valence-corrected chi connectivity index (χ4v) is 7.94. The van der Waals surface area contributed by atoms with Crippen LogP contribution in [0.5, 0.6) is 0 Å². The number of carbonyl (C=O) groups is 2.